The monoisotopic (exact) mass is 224 g/mol. The van der Waals surface area contributed by atoms with Crippen LogP contribution in [0, 0.1) is 11.3 Å². The van der Waals surface area contributed by atoms with E-state index in [2.05, 4.69) is 6.07 Å². The van der Waals surface area contributed by atoms with Gasteiger partial charge in [0.25, 0.3) is 0 Å². The maximum atomic E-state index is 11.4. The van der Waals surface area contributed by atoms with Crippen molar-refractivity contribution in [2.75, 3.05) is 0 Å². The van der Waals surface area contributed by atoms with Gasteiger partial charge in [0.1, 0.15) is 0 Å². The summed E-state index contributed by atoms with van der Waals surface area (Å²) in [4.78, 5) is 11.4. The highest BCUT2D eigenvalue weighted by atomic mass is 16.4. The topological polar surface area (TPSA) is 58.9 Å². The fraction of sp³-hybridized carbons (Fsp3) is 0.0769. The number of nitrogens with zero attached hydrogens (tertiary/aromatic N) is 2. The molecule has 0 aliphatic carbocycles. The fourth-order valence-electron chi connectivity index (χ4n) is 1.94. The standard InChI is InChI=1S/C13H8N2O2/c1-15-11-5-10-4-8(7-14)2-3-9(10)6-12(11)17-13(15)16/h2-6H,1H3. The number of nitriles is 1. The summed E-state index contributed by atoms with van der Waals surface area (Å²) in [6.07, 6.45) is 0. The largest absolute Gasteiger partial charge is 0.419 e. The lowest BCUT2D eigenvalue weighted by molar-refractivity contribution is 0.528. The Balaban J connectivity index is 2.49. The first-order valence-corrected chi connectivity index (χ1v) is 5.12. The maximum absolute atomic E-state index is 11.4. The lowest BCUT2D eigenvalue weighted by Crippen LogP contribution is -2.08. The van der Waals surface area contributed by atoms with Gasteiger partial charge in [-0.3, -0.25) is 4.57 Å². The zero-order valence-electron chi connectivity index (χ0n) is 9.10. The van der Waals surface area contributed by atoms with Gasteiger partial charge < -0.3 is 4.42 Å². The van der Waals surface area contributed by atoms with Crippen molar-refractivity contribution in [2.45, 2.75) is 0 Å². The minimum Gasteiger partial charge on any atom is -0.408 e. The number of hydrogen-bond acceptors (Lipinski definition) is 3. The summed E-state index contributed by atoms with van der Waals surface area (Å²) in [5.41, 5.74) is 1.90. The summed E-state index contributed by atoms with van der Waals surface area (Å²) in [5, 5.41) is 10.7. The van der Waals surface area contributed by atoms with E-state index in [0.29, 0.717) is 11.1 Å². The van der Waals surface area contributed by atoms with Gasteiger partial charge in [-0.05, 0) is 35.0 Å². The smallest absolute Gasteiger partial charge is 0.408 e. The zero-order chi connectivity index (χ0) is 12.0. The zero-order valence-corrected chi connectivity index (χ0v) is 9.10. The van der Waals surface area contributed by atoms with E-state index in [-0.39, 0.29) is 5.76 Å². The van der Waals surface area contributed by atoms with Gasteiger partial charge in [-0.25, -0.2) is 4.79 Å². The normalized spacial score (nSPS) is 10.8. The third-order valence-corrected chi connectivity index (χ3v) is 2.88. The van der Waals surface area contributed by atoms with Crippen LogP contribution in [-0.4, -0.2) is 4.57 Å². The number of aryl methyl sites for hydroxylation is 1. The van der Waals surface area contributed by atoms with Crippen molar-refractivity contribution in [1.29, 1.82) is 5.26 Å². The predicted molar refractivity (Wildman–Crippen MR) is 63.7 cm³/mol. The molecule has 0 aliphatic heterocycles. The van der Waals surface area contributed by atoms with Crippen molar-refractivity contribution in [3.05, 3.63) is 46.4 Å². The molecule has 0 unspecified atom stereocenters. The van der Waals surface area contributed by atoms with Crippen LogP contribution >= 0.6 is 0 Å². The molecule has 0 radical (unpaired) electrons. The van der Waals surface area contributed by atoms with Crippen LogP contribution in [0.25, 0.3) is 21.9 Å². The second-order valence-corrected chi connectivity index (χ2v) is 3.92. The molecule has 0 fully saturated rings. The van der Waals surface area contributed by atoms with Gasteiger partial charge in [-0.2, -0.15) is 5.26 Å². The Bertz CT molecular complexity index is 834. The van der Waals surface area contributed by atoms with Crippen LogP contribution in [0.15, 0.2) is 39.5 Å². The van der Waals surface area contributed by atoms with E-state index in [1.165, 1.54) is 4.57 Å². The Morgan fingerprint density at radius 3 is 2.82 bits per heavy atom. The van der Waals surface area contributed by atoms with Gasteiger partial charge in [-0.1, -0.05) is 6.07 Å². The summed E-state index contributed by atoms with van der Waals surface area (Å²) in [6, 6.07) is 11.2. The molecule has 1 aromatic heterocycles. The molecule has 0 saturated heterocycles. The Hall–Kier alpha value is -2.54. The number of fused-ring (bicyclic) bond motifs is 2. The van der Waals surface area contributed by atoms with E-state index >= 15 is 0 Å². The number of hydrogen-bond donors (Lipinski definition) is 0. The Labute approximate surface area is 96.3 Å². The SMILES string of the molecule is Cn1c(=O)oc2cc3ccc(C#N)cc3cc21. The second-order valence-electron chi connectivity index (χ2n) is 3.92. The van der Waals surface area contributed by atoms with Gasteiger partial charge in [0.2, 0.25) is 0 Å². The van der Waals surface area contributed by atoms with E-state index < -0.39 is 0 Å². The Kier molecular flexibility index (Phi) is 1.83. The molecule has 0 atom stereocenters. The molecule has 0 N–H and O–H groups in total. The average molecular weight is 224 g/mol. The number of aromatic nitrogens is 1. The summed E-state index contributed by atoms with van der Waals surface area (Å²) in [7, 11) is 1.66. The first-order chi connectivity index (χ1) is 8.19. The Morgan fingerprint density at radius 1 is 1.24 bits per heavy atom. The van der Waals surface area contributed by atoms with Crippen LogP contribution < -0.4 is 5.76 Å². The van der Waals surface area contributed by atoms with E-state index in [1.54, 1.807) is 19.2 Å². The van der Waals surface area contributed by atoms with Crippen LogP contribution in [0.2, 0.25) is 0 Å². The molecule has 2 aromatic carbocycles. The summed E-state index contributed by atoms with van der Waals surface area (Å²) in [5.74, 6) is -0.379. The lowest BCUT2D eigenvalue weighted by Gasteiger charge is -1.98. The molecule has 4 heteroatoms. The van der Waals surface area contributed by atoms with E-state index in [9.17, 15) is 4.79 Å². The van der Waals surface area contributed by atoms with Crippen LogP contribution in [0.5, 0.6) is 0 Å². The summed E-state index contributed by atoms with van der Waals surface area (Å²) >= 11 is 0. The highest BCUT2D eigenvalue weighted by Gasteiger charge is 2.07. The van der Waals surface area contributed by atoms with Crippen LogP contribution in [0.3, 0.4) is 0 Å². The molecule has 4 nitrogen and oxygen atoms in total. The van der Waals surface area contributed by atoms with Crippen molar-refractivity contribution in [1.82, 2.24) is 4.57 Å². The molecule has 17 heavy (non-hydrogen) atoms. The molecular formula is C13H8N2O2. The van der Waals surface area contributed by atoms with Crippen molar-refractivity contribution in [3.8, 4) is 6.07 Å². The van der Waals surface area contributed by atoms with Crippen molar-refractivity contribution < 1.29 is 4.42 Å². The number of oxazole rings is 1. The second kappa shape index (κ2) is 3.22. The molecule has 0 amide bonds. The van der Waals surface area contributed by atoms with Crippen LogP contribution in [0.4, 0.5) is 0 Å². The molecule has 0 aliphatic rings. The molecule has 0 spiro atoms. The maximum Gasteiger partial charge on any atom is 0.419 e. The van der Waals surface area contributed by atoms with Crippen molar-refractivity contribution >= 4 is 21.9 Å². The van der Waals surface area contributed by atoms with Gasteiger partial charge in [-0.15, -0.1) is 0 Å². The van der Waals surface area contributed by atoms with Crippen LogP contribution in [0.1, 0.15) is 5.56 Å². The number of rotatable bonds is 0. The van der Waals surface area contributed by atoms with E-state index in [0.717, 1.165) is 16.3 Å². The highest BCUT2D eigenvalue weighted by Crippen LogP contribution is 2.22. The minimum absolute atomic E-state index is 0.379. The van der Waals surface area contributed by atoms with E-state index in [1.807, 2.05) is 18.2 Å². The fourth-order valence-corrected chi connectivity index (χ4v) is 1.94. The summed E-state index contributed by atoms with van der Waals surface area (Å²) < 4.78 is 6.56. The number of benzene rings is 2. The molecular weight excluding hydrogens is 216 g/mol. The molecule has 0 bridgehead atoms. The first kappa shape index (κ1) is 9.67. The third-order valence-electron chi connectivity index (χ3n) is 2.88. The van der Waals surface area contributed by atoms with Gasteiger partial charge in [0, 0.05) is 7.05 Å². The van der Waals surface area contributed by atoms with Gasteiger partial charge >= 0.3 is 5.76 Å². The summed E-state index contributed by atoms with van der Waals surface area (Å²) in [6.45, 7) is 0. The Morgan fingerprint density at radius 2 is 2.06 bits per heavy atom. The van der Waals surface area contributed by atoms with Gasteiger partial charge in [0.05, 0.1) is 17.1 Å². The molecule has 3 rings (SSSR count). The van der Waals surface area contributed by atoms with Crippen molar-refractivity contribution in [3.63, 3.8) is 0 Å². The third kappa shape index (κ3) is 1.33. The lowest BCUT2D eigenvalue weighted by atomic mass is 10.1. The molecule has 1 heterocycles. The average Bonchev–Trinajstić information content (AvgIpc) is 2.62. The van der Waals surface area contributed by atoms with Crippen molar-refractivity contribution in [2.24, 2.45) is 7.05 Å². The predicted octanol–water partition coefficient (Wildman–Crippen LogP) is 2.16. The molecule has 0 saturated carbocycles. The molecule has 3 aromatic rings. The van der Waals surface area contributed by atoms with E-state index in [4.69, 9.17) is 9.68 Å². The minimum atomic E-state index is -0.379. The molecule has 82 valence electrons. The quantitative estimate of drug-likeness (QED) is 0.587. The highest BCUT2D eigenvalue weighted by molar-refractivity contribution is 5.94. The van der Waals surface area contributed by atoms with Gasteiger partial charge in [0.15, 0.2) is 5.58 Å². The van der Waals surface area contributed by atoms with Crippen LogP contribution in [-0.2, 0) is 7.05 Å². The first-order valence-electron chi connectivity index (χ1n) is 5.12.